The molecule has 2 aliphatic heterocycles. The molecule has 2 atom stereocenters. The predicted octanol–water partition coefficient (Wildman–Crippen LogP) is 2.23. The first kappa shape index (κ1) is 26.4. The molecule has 1 aromatic rings. The highest BCUT2D eigenvalue weighted by Gasteiger charge is 2.26. The standard InChI is InChI=1S/C23H35N5O3.HI/c1-4-24-23(26-14-21(29)27-11-5-6-12-27)25-13-19-7-9-20(10-8-19)22(30)28-15-17(2)31-18(3)16-28;/h7-10,17-18H,4-6,11-16H2,1-3H3,(H2,24,25,26);1H. The molecular weight excluding hydrogens is 521 g/mol. The lowest BCUT2D eigenvalue weighted by Crippen LogP contribution is -2.48. The summed E-state index contributed by atoms with van der Waals surface area (Å²) in [6.07, 6.45) is 2.27. The van der Waals surface area contributed by atoms with Gasteiger partial charge < -0.3 is 25.2 Å². The van der Waals surface area contributed by atoms with E-state index in [2.05, 4.69) is 15.6 Å². The van der Waals surface area contributed by atoms with E-state index in [1.54, 1.807) is 0 Å². The van der Waals surface area contributed by atoms with Crippen LogP contribution in [0.1, 0.15) is 49.5 Å². The van der Waals surface area contributed by atoms with E-state index in [0.717, 1.165) is 31.5 Å². The van der Waals surface area contributed by atoms with E-state index in [4.69, 9.17) is 4.74 Å². The third-order valence-electron chi connectivity index (χ3n) is 5.54. The van der Waals surface area contributed by atoms with Crippen molar-refractivity contribution in [1.29, 1.82) is 0 Å². The average Bonchev–Trinajstić information content (AvgIpc) is 3.30. The van der Waals surface area contributed by atoms with Crippen LogP contribution in [0.5, 0.6) is 0 Å². The van der Waals surface area contributed by atoms with E-state index in [0.29, 0.717) is 37.7 Å². The number of hydrogen-bond acceptors (Lipinski definition) is 4. The minimum absolute atomic E-state index is 0. The van der Waals surface area contributed by atoms with Gasteiger partial charge in [-0.05, 0) is 51.3 Å². The van der Waals surface area contributed by atoms with Gasteiger partial charge in [-0.1, -0.05) is 12.1 Å². The second kappa shape index (κ2) is 13.0. The number of aliphatic imine (C=N–C) groups is 1. The van der Waals surface area contributed by atoms with Crippen LogP contribution in [0.25, 0.3) is 0 Å². The van der Waals surface area contributed by atoms with Crippen LogP contribution in [0.2, 0.25) is 0 Å². The summed E-state index contributed by atoms with van der Waals surface area (Å²) in [6, 6.07) is 7.58. The number of ether oxygens (including phenoxy) is 1. The van der Waals surface area contributed by atoms with Gasteiger partial charge in [0.15, 0.2) is 5.96 Å². The quantitative estimate of drug-likeness (QED) is 0.319. The number of likely N-dealkylation sites (tertiary alicyclic amines) is 1. The topological polar surface area (TPSA) is 86.3 Å². The second-order valence-corrected chi connectivity index (χ2v) is 8.30. The molecule has 9 heteroatoms. The Morgan fingerprint density at radius 1 is 1.03 bits per heavy atom. The minimum atomic E-state index is 0. The monoisotopic (exact) mass is 557 g/mol. The minimum Gasteiger partial charge on any atom is -0.372 e. The number of nitrogens with one attached hydrogen (secondary N) is 2. The van der Waals surface area contributed by atoms with Crippen molar-refractivity contribution in [2.45, 2.75) is 52.4 Å². The van der Waals surface area contributed by atoms with E-state index in [1.807, 2.05) is 54.8 Å². The molecule has 3 rings (SSSR count). The Morgan fingerprint density at radius 2 is 1.66 bits per heavy atom. The molecule has 2 heterocycles. The van der Waals surface area contributed by atoms with E-state index >= 15 is 0 Å². The lowest BCUT2D eigenvalue weighted by atomic mass is 10.1. The molecule has 0 radical (unpaired) electrons. The number of hydrogen-bond donors (Lipinski definition) is 2. The number of amides is 2. The van der Waals surface area contributed by atoms with Crippen LogP contribution in [-0.4, -0.2) is 79.1 Å². The van der Waals surface area contributed by atoms with Gasteiger partial charge in [0, 0.05) is 38.3 Å². The summed E-state index contributed by atoms with van der Waals surface area (Å²) in [5, 5.41) is 6.30. The Labute approximate surface area is 208 Å². The maximum Gasteiger partial charge on any atom is 0.254 e. The van der Waals surface area contributed by atoms with Gasteiger partial charge in [0.2, 0.25) is 5.91 Å². The Bertz CT molecular complexity index is 770. The maximum atomic E-state index is 12.8. The Morgan fingerprint density at radius 3 is 2.25 bits per heavy atom. The van der Waals surface area contributed by atoms with Crippen LogP contribution in [0.4, 0.5) is 0 Å². The first-order valence-electron chi connectivity index (χ1n) is 11.3. The molecule has 178 valence electrons. The molecule has 2 aliphatic rings. The molecule has 0 aliphatic carbocycles. The molecule has 2 N–H and O–H groups in total. The highest BCUT2D eigenvalue weighted by Crippen LogP contribution is 2.15. The van der Waals surface area contributed by atoms with E-state index < -0.39 is 0 Å². The molecule has 2 saturated heterocycles. The molecule has 0 aromatic heterocycles. The van der Waals surface area contributed by atoms with Gasteiger partial charge in [0.05, 0.1) is 25.3 Å². The Kier molecular flexibility index (Phi) is 10.7. The van der Waals surface area contributed by atoms with Crippen LogP contribution < -0.4 is 10.6 Å². The summed E-state index contributed by atoms with van der Waals surface area (Å²) in [5.41, 5.74) is 1.68. The van der Waals surface area contributed by atoms with Gasteiger partial charge in [-0.3, -0.25) is 9.59 Å². The zero-order valence-corrected chi connectivity index (χ0v) is 21.6. The van der Waals surface area contributed by atoms with Crippen LogP contribution in [0, 0.1) is 0 Å². The fraction of sp³-hybridized carbons (Fsp3) is 0.609. The van der Waals surface area contributed by atoms with Crippen LogP contribution in [0.15, 0.2) is 29.3 Å². The van der Waals surface area contributed by atoms with E-state index in [-0.39, 0.29) is 54.5 Å². The zero-order chi connectivity index (χ0) is 22.2. The molecule has 2 amide bonds. The summed E-state index contributed by atoms with van der Waals surface area (Å²) in [6.45, 7) is 10.3. The van der Waals surface area contributed by atoms with Crippen molar-refractivity contribution < 1.29 is 14.3 Å². The number of carbonyl (C=O) groups is 2. The lowest BCUT2D eigenvalue weighted by molar-refractivity contribution is -0.128. The summed E-state index contributed by atoms with van der Waals surface area (Å²) in [7, 11) is 0. The molecule has 2 fully saturated rings. The molecule has 8 nitrogen and oxygen atoms in total. The molecule has 0 spiro atoms. The van der Waals surface area contributed by atoms with Crippen molar-refractivity contribution >= 4 is 41.8 Å². The third-order valence-corrected chi connectivity index (χ3v) is 5.54. The van der Waals surface area contributed by atoms with Gasteiger partial charge in [-0.15, -0.1) is 24.0 Å². The fourth-order valence-corrected chi connectivity index (χ4v) is 4.03. The number of benzene rings is 1. The normalized spacial score (nSPS) is 21.2. The number of carbonyl (C=O) groups excluding carboxylic acids is 2. The highest BCUT2D eigenvalue weighted by atomic mass is 127. The number of rotatable bonds is 6. The van der Waals surface area contributed by atoms with Gasteiger partial charge in [0.1, 0.15) is 0 Å². The first-order valence-corrected chi connectivity index (χ1v) is 11.3. The van der Waals surface area contributed by atoms with Crippen molar-refractivity contribution in [3.05, 3.63) is 35.4 Å². The first-order chi connectivity index (χ1) is 15.0. The maximum absolute atomic E-state index is 12.8. The van der Waals surface area contributed by atoms with Crippen molar-refractivity contribution in [1.82, 2.24) is 20.4 Å². The summed E-state index contributed by atoms with van der Waals surface area (Å²) in [4.78, 5) is 33.4. The summed E-state index contributed by atoms with van der Waals surface area (Å²) < 4.78 is 5.71. The zero-order valence-electron chi connectivity index (χ0n) is 19.3. The molecule has 2 unspecified atom stereocenters. The second-order valence-electron chi connectivity index (χ2n) is 8.30. The van der Waals surface area contributed by atoms with E-state index in [9.17, 15) is 9.59 Å². The number of nitrogens with zero attached hydrogens (tertiary/aromatic N) is 3. The largest absolute Gasteiger partial charge is 0.372 e. The van der Waals surface area contributed by atoms with Crippen LogP contribution >= 0.6 is 24.0 Å². The molecule has 0 saturated carbocycles. The number of morpholine rings is 1. The number of halogens is 1. The van der Waals surface area contributed by atoms with Crippen LogP contribution in [0.3, 0.4) is 0 Å². The summed E-state index contributed by atoms with van der Waals surface area (Å²) >= 11 is 0. The van der Waals surface area contributed by atoms with Gasteiger partial charge in [-0.2, -0.15) is 0 Å². The van der Waals surface area contributed by atoms with Gasteiger partial charge in [0.25, 0.3) is 5.91 Å². The third kappa shape index (κ3) is 7.61. The lowest BCUT2D eigenvalue weighted by Gasteiger charge is -2.35. The molecule has 32 heavy (non-hydrogen) atoms. The smallest absolute Gasteiger partial charge is 0.254 e. The van der Waals surface area contributed by atoms with Crippen LogP contribution in [-0.2, 0) is 16.1 Å². The van der Waals surface area contributed by atoms with Crippen molar-refractivity contribution in [2.24, 2.45) is 4.99 Å². The average molecular weight is 557 g/mol. The predicted molar refractivity (Wildman–Crippen MR) is 136 cm³/mol. The molecular formula is C23H36IN5O3. The van der Waals surface area contributed by atoms with Crippen molar-refractivity contribution in [3.8, 4) is 0 Å². The van der Waals surface area contributed by atoms with Gasteiger partial charge in [-0.25, -0.2) is 4.99 Å². The summed E-state index contributed by atoms with van der Waals surface area (Å²) in [5.74, 6) is 0.761. The van der Waals surface area contributed by atoms with Gasteiger partial charge >= 0.3 is 0 Å². The van der Waals surface area contributed by atoms with E-state index in [1.165, 1.54) is 0 Å². The fourth-order valence-electron chi connectivity index (χ4n) is 4.03. The SMILES string of the molecule is CCNC(=NCc1ccc(C(=O)N2CC(C)OC(C)C2)cc1)NCC(=O)N1CCCC1.I. The Hall–Kier alpha value is -1.88. The Balaban J connectivity index is 0.00000363. The number of guanidine groups is 1. The molecule has 1 aromatic carbocycles. The molecule has 0 bridgehead atoms. The van der Waals surface area contributed by atoms with Crippen molar-refractivity contribution in [3.63, 3.8) is 0 Å². The van der Waals surface area contributed by atoms with Crippen molar-refractivity contribution in [2.75, 3.05) is 39.3 Å². The highest BCUT2D eigenvalue weighted by molar-refractivity contribution is 14.0.